The fourth-order valence-corrected chi connectivity index (χ4v) is 2.05. The highest BCUT2D eigenvalue weighted by Gasteiger charge is 2.08. The van der Waals surface area contributed by atoms with Gasteiger partial charge in [0.05, 0.1) is 11.1 Å². The zero-order valence-corrected chi connectivity index (χ0v) is 13.2. The van der Waals surface area contributed by atoms with Crippen molar-refractivity contribution in [2.24, 2.45) is 5.10 Å². The van der Waals surface area contributed by atoms with Crippen LogP contribution in [0.5, 0.6) is 0 Å². The second kappa shape index (κ2) is 6.95. The number of hydrazone groups is 1. The van der Waals surface area contributed by atoms with E-state index in [0.29, 0.717) is 5.56 Å². The number of aryl methyl sites for hydroxylation is 1. The van der Waals surface area contributed by atoms with Gasteiger partial charge in [-0.1, -0.05) is 28.1 Å². The molecule has 112 valence electrons. The summed E-state index contributed by atoms with van der Waals surface area (Å²) >= 11 is 3.42. The van der Waals surface area contributed by atoms with Crippen molar-refractivity contribution in [2.45, 2.75) is 6.92 Å². The lowest BCUT2D eigenvalue weighted by atomic mass is 10.2. The van der Waals surface area contributed by atoms with Crippen molar-refractivity contribution in [2.75, 3.05) is 0 Å². The predicted molar refractivity (Wildman–Crippen MR) is 87.0 cm³/mol. The molecule has 0 aliphatic heterocycles. The molecule has 22 heavy (non-hydrogen) atoms. The number of hydrogen-bond donors (Lipinski definition) is 1. The molecule has 0 aromatic heterocycles. The minimum atomic E-state index is -0.519. The van der Waals surface area contributed by atoms with Gasteiger partial charge in [-0.3, -0.25) is 14.9 Å². The van der Waals surface area contributed by atoms with E-state index in [1.165, 1.54) is 30.5 Å². The summed E-state index contributed by atoms with van der Waals surface area (Å²) in [6, 6.07) is 11.0. The molecule has 0 aliphatic carbocycles. The highest BCUT2D eigenvalue weighted by atomic mass is 79.9. The number of hydrogen-bond acceptors (Lipinski definition) is 4. The maximum Gasteiger partial charge on any atom is 0.271 e. The van der Waals surface area contributed by atoms with Crippen molar-refractivity contribution >= 4 is 33.7 Å². The number of carbonyl (C=O) groups excluding carboxylic acids is 1. The summed E-state index contributed by atoms with van der Waals surface area (Å²) in [5.74, 6) is -0.433. The number of benzene rings is 2. The van der Waals surface area contributed by atoms with Crippen LogP contribution in [-0.4, -0.2) is 17.0 Å². The molecule has 2 aromatic carbocycles. The lowest BCUT2D eigenvalue weighted by molar-refractivity contribution is -0.384. The van der Waals surface area contributed by atoms with Gasteiger partial charge in [0.25, 0.3) is 11.6 Å². The van der Waals surface area contributed by atoms with Crippen LogP contribution in [0.3, 0.4) is 0 Å². The third-order valence-corrected chi connectivity index (χ3v) is 3.77. The van der Waals surface area contributed by atoms with E-state index in [1.54, 1.807) is 0 Å². The summed E-state index contributed by atoms with van der Waals surface area (Å²) in [6.07, 6.45) is 1.52. The highest BCUT2D eigenvalue weighted by Crippen LogP contribution is 2.16. The van der Waals surface area contributed by atoms with Crippen LogP contribution in [0.15, 0.2) is 52.0 Å². The van der Waals surface area contributed by atoms with Crippen LogP contribution in [0, 0.1) is 17.0 Å². The van der Waals surface area contributed by atoms with E-state index in [0.717, 1.165) is 15.6 Å². The maximum atomic E-state index is 11.8. The van der Waals surface area contributed by atoms with Crippen LogP contribution in [0.25, 0.3) is 0 Å². The first kappa shape index (κ1) is 15.8. The Kier molecular flexibility index (Phi) is 5.00. The number of nitrogens with zero attached hydrogens (tertiary/aromatic N) is 2. The molecule has 1 N–H and O–H groups in total. The van der Waals surface area contributed by atoms with Crippen LogP contribution < -0.4 is 5.43 Å². The largest absolute Gasteiger partial charge is 0.271 e. The smallest absolute Gasteiger partial charge is 0.267 e. The summed E-state index contributed by atoms with van der Waals surface area (Å²) in [7, 11) is 0. The second-order valence-electron chi connectivity index (χ2n) is 4.51. The quantitative estimate of drug-likeness (QED) is 0.514. The average molecular weight is 362 g/mol. The van der Waals surface area contributed by atoms with Crippen molar-refractivity contribution in [1.29, 1.82) is 0 Å². The molecule has 6 nitrogen and oxygen atoms in total. The molecule has 0 fully saturated rings. The Labute approximate surface area is 135 Å². The SMILES string of the molecule is Cc1ccc(/C=N\NC(=O)c2ccc([N+](=O)[O-])cc2)cc1Br. The molecule has 0 aliphatic rings. The fraction of sp³-hybridized carbons (Fsp3) is 0.0667. The van der Waals surface area contributed by atoms with E-state index in [4.69, 9.17) is 0 Å². The Hall–Kier alpha value is -2.54. The van der Waals surface area contributed by atoms with Crippen LogP contribution >= 0.6 is 15.9 Å². The molecule has 0 saturated heterocycles. The summed E-state index contributed by atoms with van der Waals surface area (Å²) < 4.78 is 0.957. The molecule has 0 bridgehead atoms. The summed E-state index contributed by atoms with van der Waals surface area (Å²) in [5, 5.41) is 14.4. The van der Waals surface area contributed by atoms with Crippen LogP contribution in [-0.2, 0) is 0 Å². The third kappa shape index (κ3) is 3.98. The van der Waals surface area contributed by atoms with Crippen molar-refractivity contribution in [3.63, 3.8) is 0 Å². The van der Waals surface area contributed by atoms with Crippen molar-refractivity contribution < 1.29 is 9.72 Å². The average Bonchev–Trinajstić information content (AvgIpc) is 2.51. The van der Waals surface area contributed by atoms with Crippen molar-refractivity contribution in [3.8, 4) is 0 Å². The van der Waals surface area contributed by atoms with Gasteiger partial charge in [0.15, 0.2) is 0 Å². The van der Waals surface area contributed by atoms with Crippen LogP contribution in [0.4, 0.5) is 5.69 Å². The van der Waals surface area contributed by atoms with Crippen LogP contribution in [0.2, 0.25) is 0 Å². The zero-order valence-electron chi connectivity index (χ0n) is 11.6. The molecule has 0 radical (unpaired) electrons. The van der Waals surface area contributed by atoms with Crippen LogP contribution in [0.1, 0.15) is 21.5 Å². The van der Waals surface area contributed by atoms with Crippen molar-refractivity contribution in [1.82, 2.24) is 5.43 Å². The number of nitro groups is 1. The monoisotopic (exact) mass is 361 g/mol. The van der Waals surface area contributed by atoms with E-state index in [1.807, 2.05) is 25.1 Å². The Morgan fingerprint density at radius 2 is 1.95 bits per heavy atom. The topological polar surface area (TPSA) is 84.6 Å². The number of halogens is 1. The molecule has 0 unspecified atom stereocenters. The van der Waals surface area contributed by atoms with Gasteiger partial charge < -0.3 is 0 Å². The Balaban J connectivity index is 2.01. The molecule has 2 aromatic rings. The van der Waals surface area contributed by atoms with Gasteiger partial charge in [-0.2, -0.15) is 5.10 Å². The zero-order chi connectivity index (χ0) is 16.1. The first-order valence-electron chi connectivity index (χ1n) is 6.31. The summed E-state index contributed by atoms with van der Waals surface area (Å²) in [4.78, 5) is 21.9. The van der Waals surface area contributed by atoms with Gasteiger partial charge in [-0.05, 0) is 36.2 Å². The molecule has 0 heterocycles. The Morgan fingerprint density at radius 3 is 2.55 bits per heavy atom. The maximum absolute atomic E-state index is 11.8. The molecule has 2 rings (SSSR count). The number of carbonyl (C=O) groups is 1. The van der Waals surface area contributed by atoms with Gasteiger partial charge in [0.2, 0.25) is 0 Å². The number of nitrogens with one attached hydrogen (secondary N) is 1. The molecular weight excluding hydrogens is 350 g/mol. The van der Waals surface area contributed by atoms with E-state index in [-0.39, 0.29) is 5.69 Å². The van der Waals surface area contributed by atoms with Gasteiger partial charge in [0, 0.05) is 22.2 Å². The molecule has 7 heteroatoms. The predicted octanol–water partition coefficient (Wildman–Crippen LogP) is 3.43. The number of non-ortho nitro benzene ring substituents is 1. The standard InChI is InChI=1S/C15H12BrN3O3/c1-10-2-3-11(8-14(10)16)9-17-18-15(20)12-4-6-13(7-5-12)19(21)22/h2-9H,1H3,(H,18,20)/b17-9-. The first-order chi connectivity index (χ1) is 10.5. The Bertz CT molecular complexity index is 742. The lowest BCUT2D eigenvalue weighted by Crippen LogP contribution is -2.17. The fourth-order valence-electron chi connectivity index (χ4n) is 1.65. The van der Waals surface area contributed by atoms with E-state index >= 15 is 0 Å². The number of amides is 1. The first-order valence-corrected chi connectivity index (χ1v) is 7.10. The summed E-state index contributed by atoms with van der Waals surface area (Å²) in [5.41, 5.74) is 4.55. The van der Waals surface area contributed by atoms with Crippen molar-refractivity contribution in [3.05, 3.63) is 73.7 Å². The van der Waals surface area contributed by atoms with E-state index in [9.17, 15) is 14.9 Å². The molecular formula is C15H12BrN3O3. The molecule has 0 saturated carbocycles. The highest BCUT2D eigenvalue weighted by molar-refractivity contribution is 9.10. The van der Waals surface area contributed by atoms with Gasteiger partial charge >= 0.3 is 0 Å². The normalized spacial score (nSPS) is 10.6. The van der Waals surface area contributed by atoms with Gasteiger partial charge in [-0.25, -0.2) is 5.43 Å². The number of nitro benzene ring substituents is 1. The lowest BCUT2D eigenvalue weighted by Gasteiger charge is -2.01. The third-order valence-electron chi connectivity index (χ3n) is 2.92. The van der Waals surface area contributed by atoms with Gasteiger partial charge in [-0.15, -0.1) is 0 Å². The number of rotatable bonds is 4. The summed E-state index contributed by atoms with van der Waals surface area (Å²) in [6.45, 7) is 1.97. The second-order valence-corrected chi connectivity index (χ2v) is 5.37. The molecule has 0 atom stereocenters. The minimum absolute atomic E-state index is 0.0652. The molecule has 0 spiro atoms. The minimum Gasteiger partial charge on any atom is -0.267 e. The van der Waals surface area contributed by atoms with Gasteiger partial charge in [0.1, 0.15) is 0 Å². The molecule has 1 amide bonds. The van der Waals surface area contributed by atoms with E-state index in [2.05, 4.69) is 26.5 Å². The van der Waals surface area contributed by atoms with E-state index < -0.39 is 10.8 Å². The Morgan fingerprint density at radius 1 is 1.27 bits per heavy atom.